The van der Waals surface area contributed by atoms with Gasteiger partial charge in [-0.3, -0.25) is 4.57 Å². The van der Waals surface area contributed by atoms with E-state index in [0.29, 0.717) is 19.0 Å². The number of rotatable bonds is 6. The lowest BCUT2D eigenvalue weighted by atomic mass is 10.1. The van der Waals surface area contributed by atoms with Gasteiger partial charge in [-0.05, 0) is 25.0 Å². The largest absolute Gasteiger partial charge is 0.357 e. The zero-order valence-electron chi connectivity index (χ0n) is 14.2. The molecule has 1 heterocycles. The Bertz CT molecular complexity index is 681. The molecule has 24 heavy (non-hydrogen) atoms. The van der Waals surface area contributed by atoms with Gasteiger partial charge < -0.3 is 10.2 Å². The lowest BCUT2D eigenvalue weighted by molar-refractivity contribution is 0.0671. The predicted octanol–water partition coefficient (Wildman–Crippen LogP) is 3.18. The van der Waals surface area contributed by atoms with Crippen molar-refractivity contribution in [2.45, 2.75) is 33.5 Å². The molecular formula is C17H23F2N5. The molecule has 0 amide bonds. The number of nitrogens with zero attached hydrogens (tertiary/aromatic N) is 4. The van der Waals surface area contributed by atoms with Crippen LogP contribution < -0.4 is 5.32 Å². The molecular weight excluding hydrogens is 312 g/mol. The highest BCUT2D eigenvalue weighted by Crippen LogP contribution is 2.13. The second-order valence-corrected chi connectivity index (χ2v) is 5.48. The van der Waals surface area contributed by atoms with Gasteiger partial charge in [0.05, 0.1) is 0 Å². The minimum Gasteiger partial charge on any atom is -0.357 e. The van der Waals surface area contributed by atoms with E-state index in [1.165, 1.54) is 23.5 Å². The maximum absolute atomic E-state index is 12.9. The number of hydrogen-bond donors (Lipinski definition) is 1. The van der Waals surface area contributed by atoms with Crippen LogP contribution in [0.25, 0.3) is 0 Å². The van der Waals surface area contributed by atoms with Crippen molar-refractivity contribution in [1.29, 1.82) is 0 Å². The van der Waals surface area contributed by atoms with Crippen LogP contribution in [-0.2, 0) is 13.1 Å². The molecule has 2 aromatic rings. The van der Waals surface area contributed by atoms with Crippen molar-refractivity contribution in [3.05, 3.63) is 53.6 Å². The Kier molecular flexibility index (Phi) is 6.28. The van der Waals surface area contributed by atoms with Gasteiger partial charge in [0, 0.05) is 32.5 Å². The summed E-state index contributed by atoms with van der Waals surface area (Å²) in [5.41, 5.74) is 2.40. The van der Waals surface area contributed by atoms with E-state index in [9.17, 15) is 8.78 Å². The minimum atomic E-state index is -2.61. The monoisotopic (exact) mass is 335 g/mol. The molecule has 0 unspecified atom stereocenters. The minimum absolute atomic E-state index is 0.0950. The van der Waals surface area contributed by atoms with Crippen LogP contribution in [-0.4, -0.2) is 34.0 Å². The molecule has 5 nitrogen and oxygen atoms in total. The summed E-state index contributed by atoms with van der Waals surface area (Å²) >= 11 is 0. The van der Waals surface area contributed by atoms with Gasteiger partial charge in [0.15, 0.2) is 5.96 Å². The Labute approximate surface area is 141 Å². The quantitative estimate of drug-likeness (QED) is 0.651. The summed E-state index contributed by atoms with van der Waals surface area (Å²) in [6.07, 6.45) is 2.63. The molecule has 0 saturated heterocycles. The first-order valence-electron chi connectivity index (χ1n) is 7.86. The van der Waals surface area contributed by atoms with E-state index in [1.54, 1.807) is 0 Å². The maximum Gasteiger partial charge on any atom is 0.319 e. The van der Waals surface area contributed by atoms with Crippen LogP contribution >= 0.6 is 0 Å². The lowest BCUT2D eigenvalue weighted by Crippen LogP contribution is -2.38. The number of benzene rings is 1. The molecule has 0 aliphatic rings. The number of aliphatic imine (C=N–C) groups is 1. The molecule has 1 N–H and O–H groups in total. The van der Waals surface area contributed by atoms with Crippen LogP contribution in [0.1, 0.15) is 30.4 Å². The van der Waals surface area contributed by atoms with Crippen molar-refractivity contribution in [1.82, 2.24) is 19.8 Å². The Hall–Kier alpha value is -2.44. The molecule has 0 radical (unpaired) electrons. The highest BCUT2D eigenvalue weighted by molar-refractivity contribution is 5.79. The molecule has 7 heteroatoms. The Morgan fingerprint density at radius 1 is 1.38 bits per heavy atom. The van der Waals surface area contributed by atoms with Gasteiger partial charge in [-0.15, -0.1) is 0 Å². The van der Waals surface area contributed by atoms with Crippen LogP contribution in [0.15, 0.2) is 41.7 Å². The Balaban J connectivity index is 2.12. The Morgan fingerprint density at radius 2 is 2.12 bits per heavy atom. The first-order chi connectivity index (χ1) is 11.5. The summed E-state index contributed by atoms with van der Waals surface area (Å²) in [6, 6.07) is 8.13. The van der Waals surface area contributed by atoms with Crippen LogP contribution in [0.4, 0.5) is 8.78 Å². The van der Waals surface area contributed by atoms with Crippen molar-refractivity contribution in [2.24, 2.45) is 4.99 Å². The molecule has 1 aromatic carbocycles. The molecule has 0 atom stereocenters. The van der Waals surface area contributed by atoms with Gasteiger partial charge in [0.25, 0.3) is 0 Å². The zero-order chi connectivity index (χ0) is 17.5. The average Bonchev–Trinajstić information content (AvgIpc) is 3.02. The third-order valence-electron chi connectivity index (χ3n) is 3.69. The van der Waals surface area contributed by atoms with Crippen LogP contribution in [0.2, 0.25) is 0 Å². The van der Waals surface area contributed by atoms with Gasteiger partial charge >= 0.3 is 6.55 Å². The fraction of sp³-hybridized carbons (Fsp3) is 0.412. The zero-order valence-corrected chi connectivity index (χ0v) is 14.2. The number of alkyl halides is 2. The molecule has 0 spiro atoms. The van der Waals surface area contributed by atoms with Gasteiger partial charge in [-0.25, -0.2) is 9.98 Å². The van der Waals surface area contributed by atoms with Gasteiger partial charge in [-0.1, -0.05) is 24.3 Å². The number of aromatic nitrogens is 2. The fourth-order valence-corrected chi connectivity index (χ4v) is 2.38. The molecule has 1 aromatic heterocycles. The summed E-state index contributed by atoms with van der Waals surface area (Å²) in [6.45, 7) is 2.90. The van der Waals surface area contributed by atoms with E-state index < -0.39 is 6.55 Å². The van der Waals surface area contributed by atoms with Crippen molar-refractivity contribution >= 4 is 5.96 Å². The standard InChI is InChI=1S/C17H23F2N5/c1-4-20-17(22-11-15-21-9-10-24(15)16(18)19)23(3)12-14-8-6-5-7-13(14)2/h5-10,16H,4,11-12H2,1-3H3,(H,20,22). The van der Waals surface area contributed by atoms with E-state index >= 15 is 0 Å². The summed E-state index contributed by atoms with van der Waals surface area (Å²) in [4.78, 5) is 10.4. The number of imidazole rings is 1. The van der Waals surface area contributed by atoms with Crippen molar-refractivity contribution in [3.8, 4) is 0 Å². The fourth-order valence-electron chi connectivity index (χ4n) is 2.38. The number of halogens is 2. The molecule has 130 valence electrons. The lowest BCUT2D eigenvalue weighted by Gasteiger charge is -2.23. The van der Waals surface area contributed by atoms with Crippen molar-refractivity contribution in [2.75, 3.05) is 13.6 Å². The third kappa shape index (κ3) is 4.53. The van der Waals surface area contributed by atoms with Crippen LogP contribution in [0, 0.1) is 6.92 Å². The number of guanidine groups is 1. The smallest absolute Gasteiger partial charge is 0.319 e. The molecule has 2 rings (SSSR count). The van der Waals surface area contributed by atoms with Crippen LogP contribution in [0.3, 0.4) is 0 Å². The van der Waals surface area contributed by atoms with E-state index in [0.717, 1.165) is 4.57 Å². The summed E-state index contributed by atoms with van der Waals surface area (Å²) in [5, 5.41) is 3.18. The Morgan fingerprint density at radius 3 is 2.79 bits per heavy atom. The highest BCUT2D eigenvalue weighted by Gasteiger charge is 2.12. The maximum atomic E-state index is 12.9. The molecule has 0 aliphatic carbocycles. The number of nitrogens with one attached hydrogen (secondary N) is 1. The second-order valence-electron chi connectivity index (χ2n) is 5.48. The first kappa shape index (κ1) is 17.9. The predicted molar refractivity (Wildman–Crippen MR) is 90.9 cm³/mol. The van der Waals surface area contributed by atoms with E-state index in [1.807, 2.05) is 31.0 Å². The van der Waals surface area contributed by atoms with E-state index in [-0.39, 0.29) is 12.4 Å². The first-order valence-corrected chi connectivity index (χ1v) is 7.86. The molecule has 0 fully saturated rings. The van der Waals surface area contributed by atoms with Gasteiger partial charge in [-0.2, -0.15) is 8.78 Å². The van der Waals surface area contributed by atoms with Crippen LogP contribution in [0.5, 0.6) is 0 Å². The van der Waals surface area contributed by atoms with Gasteiger partial charge in [0.2, 0.25) is 0 Å². The topological polar surface area (TPSA) is 45.5 Å². The van der Waals surface area contributed by atoms with Crippen molar-refractivity contribution in [3.63, 3.8) is 0 Å². The SMILES string of the molecule is CCNC(=NCc1nccn1C(F)F)N(C)Cc1ccccc1C. The summed E-state index contributed by atoms with van der Waals surface area (Å²) in [7, 11) is 1.92. The van der Waals surface area contributed by atoms with E-state index in [2.05, 4.69) is 34.3 Å². The summed E-state index contributed by atoms with van der Waals surface area (Å²) in [5.74, 6) is 0.897. The van der Waals surface area contributed by atoms with E-state index in [4.69, 9.17) is 0 Å². The molecule has 0 bridgehead atoms. The van der Waals surface area contributed by atoms with Crippen molar-refractivity contribution < 1.29 is 8.78 Å². The average molecular weight is 335 g/mol. The third-order valence-corrected chi connectivity index (χ3v) is 3.69. The number of hydrogen-bond acceptors (Lipinski definition) is 2. The molecule has 0 aliphatic heterocycles. The highest BCUT2D eigenvalue weighted by atomic mass is 19.3. The van der Waals surface area contributed by atoms with Gasteiger partial charge in [0.1, 0.15) is 12.4 Å². The normalized spacial score (nSPS) is 11.8. The molecule has 0 saturated carbocycles. The summed E-state index contributed by atoms with van der Waals surface area (Å²) < 4.78 is 26.6. The second kappa shape index (κ2) is 8.42. The number of aryl methyl sites for hydroxylation is 1.